The molecule has 0 aromatic heterocycles. The second kappa shape index (κ2) is 13.9. The molecule has 0 bridgehead atoms. The zero-order valence-electron chi connectivity index (χ0n) is 23.2. The predicted octanol–water partition coefficient (Wildman–Crippen LogP) is 2.73. The number of carbonyl (C=O) groups excluding carboxylic acids is 5. The van der Waals surface area contributed by atoms with Crippen molar-refractivity contribution in [3.8, 4) is 0 Å². The lowest BCUT2D eigenvalue weighted by Crippen LogP contribution is -2.57. The lowest BCUT2D eigenvalue weighted by molar-refractivity contribution is -0.132. The van der Waals surface area contributed by atoms with E-state index in [4.69, 9.17) is 0 Å². The van der Waals surface area contributed by atoms with Crippen LogP contribution < -0.4 is 21.3 Å². The van der Waals surface area contributed by atoms with Crippen molar-refractivity contribution in [2.75, 3.05) is 6.54 Å². The van der Waals surface area contributed by atoms with Gasteiger partial charge in [0.1, 0.15) is 18.4 Å². The molecule has 1 fully saturated rings. The first-order valence-corrected chi connectivity index (χ1v) is 13.7. The molecule has 0 saturated carbocycles. The Morgan fingerprint density at radius 3 is 2.36 bits per heavy atom. The summed E-state index contributed by atoms with van der Waals surface area (Å²) in [6.45, 7) is 8.12. The Bertz CT molecular complexity index is 1190. The Hall–Kier alpha value is -3.75. The first kappa shape index (κ1) is 29.8. The molecule has 4 atom stereocenters. The molecule has 0 aliphatic carbocycles. The standard InChI is InChI=1S/C30H40N4O5/c1-18(2)15-25(29(38)32-22(17-35)16-21-11-8-14-31-27(21)36)33-30(39)26(19(3)4)34-28(37)24-13-7-10-20-9-5-6-12-23(20)24/h5-7,9-10,12-13,17-19,21-22,25-26H,8,11,14-16H2,1-4H3,(H,31,36)(H,32,38)(H,33,39)(H,34,37)/t21-,22-,25-,26-/m0/s1. The number of hydrogen-bond acceptors (Lipinski definition) is 5. The molecule has 1 heterocycles. The van der Waals surface area contributed by atoms with E-state index >= 15 is 0 Å². The summed E-state index contributed by atoms with van der Waals surface area (Å²) in [7, 11) is 0. The van der Waals surface area contributed by atoms with E-state index in [0.717, 1.165) is 17.2 Å². The van der Waals surface area contributed by atoms with Crippen molar-refractivity contribution in [1.82, 2.24) is 21.3 Å². The summed E-state index contributed by atoms with van der Waals surface area (Å²) in [5.41, 5.74) is 0.462. The van der Waals surface area contributed by atoms with Crippen LogP contribution >= 0.6 is 0 Å². The number of carbonyl (C=O) groups is 5. The number of amides is 4. The molecule has 0 unspecified atom stereocenters. The topological polar surface area (TPSA) is 133 Å². The molecular weight excluding hydrogens is 496 g/mol. The monoisotopic (exact) mass is 536 g/mol. The first-order valence-electron chi connectivity index (χ1n) is 13.7. The van der Waals surface area contributed by atoms with Gasteiger partial charge in [-0.3, -0.25) is 19.2 Å². The predicted molar refractivity (Wildman–Crippen MR) is 150 cm³/mol. The van der Waals surface area contributed by atoms with E-state index in [0.29, 0.717) is 31.2 Å². The van der Waals surface area contributed by atoms with Crippen molar-refractivity contribution in [1.29, 1.82) is 0 Å². The van der Waals surface area contributed by atoms with Crippen molar-refractivity contribution in [3.63, 3.8) is 0 Å². The Morgan fingerprint density at radius 2 is 1.69 bits per heavy atom. The van der Waals surface area contributed by atoms with Gasteiger partial charge in [-0.25, -0.2) is 0 Å². The van der Waals surface area contributed by atoms with Gasteiger partial charge in [0.2, 0.25) is 17.7 Å². The van der Waals surface area contributed by atoms with Gasteiger partial charge >= 0.3 is 0 Å². The van der Waals surface area contributed by atoms with Crippen LogP contribution in [0.25, 0.3) is 10.8 Å². The van der Waals surface area contributed by atoms with Crippen LogP contribution in [0.2, 0.25) is 0 Å². The third-order valence-corrected chi connectivity index (χ3v) is 7.04. The fourth-order valence-corrected chi connectivity index (χ4v) is 4.94. The van der Waals surface area contributed by atoms with Crippen molar-refractivity contribution in [2.24, 2.45) is 17.8 Å². The Kier molecular flexibility index (Phi) is 10.6. The van der Waals surface area contributed by atoms with Crippen molar-refractivity contribution in [3.05, 3.63) is 48.0 Å². The quantitative estimate of drug-likeness (QED) is 0.310. The number of nitrogens with one attached hydrogen (secondary N) is 4. The van der Waals surface area contributed by atoms with Gasteiger partial charge in [0.15, 0.2) is 0 Å². The maximum Gasteiger partial charge on any atom is 0.252 e. The summed E-state index contributed by atoms with van der Waals surface area (Å²) in [6, 6.07) is 10.3. The van der Waals surface area contributed by atoms with Gasteiger partial charge < -0.3 is 26.1 Å². The molecule has 0 spiro atoms. The normalized spacial score (nSPS) is 17.7. The summed E-state index contributed by atoms with van der Waals surface area (Å²) in [6.07, 6.45) is 2.66. The highest BCUT2D eigenvalue weighted by atomic mass is 16.2. The molecule has 1 aliphatic heterocycles. The van der Waals surface area contributed by atoms with Crippen molar-refractivity contribution in [2.45, 2.75) is 71.5 Å². The third-order valence-electron chi connectivity index (χ3n) is 7.04. The van der Waals surface area contributed by atoms with Gasteiger partial charge in [0.25, 0.3) is 5.91 Å². The van der Waals surface area contributed by atoms with Crippen LogP contribution in [0.5, 0.6) is 0 Å². The molecule has 4 amide bonds. The van der Waals surface area contributed by atoms with E-state index in [1.807, 2.05) is 58.0 Å². The van der Waals surface area contributed by atoms with Crippen LogP contribution in [0.15, 0.2) is 42.5 Å². The van der Waals surface area contributed by atoms with Gasteiger partial charge in [-0.2, -0.15) is 0 Å². The number of fused-ring (bicyclic) bond motifs is 1. The average Bonchev–Trinajstić information content (AvgIpc) is 2.91. The lowest BCUT2D eigenvalue weighted by atomic mass is 9.91. The SMILES string of the molecule is CC(C)C[C@H](NC(=O)[C@@H](NC(=O)c1cccc2ccccc12)C(C)C)C(=O)N[C@H](C=O)C[C@@H]1CCCNC1=O. The van der Waals surface area contributed by atoms with E-state index in [2.05, 4.69) is 21.3 Å². The van der Waals surface area contributed by atoms with Crippen LogP contribution in [0.3, 0.4) is 0 Å². The summed E-state index contributed by atoms with van der Waals surface area (Å²) >= 11 is 0. The number of rotatable bonds is 12. The summed E-state index contributed by atoms with van der Waals surface area (Å²) < 4.78 is 0. The van der Waals surface area contributed by atoms with E-state index in [1.165, 1.54) is 0 Å². The Morgan fingerprint density at radius 1 is 0.974 bits per heavy atom. The highest BCUT2D eigenvalue weighted by molar-refractivity contribution is 6.08. The van der Waals surface area contributed by atoms with Gasteiger partial charge in [0, 0.05) is 18.0 Å². The maximum absolute atomic E-state index is 13.4. The molecule has 3 rings (SSSR count). The van der Waals surface area contributed by atoms with Gasteiger partial charge in [-0.15, -0.1) is 0 Å². The minimum atomic E-state index is -0.907. The van der Waals surface area contributed by atoms with Crippen LogP contribution in [0.4, 0.5) is 0 Å². The molecule has 39 heavy (non-hydrogen) atoms. The van der Waals surface area contributed by atoms with Crippen LogP contribution in [0.1, 0.15) is 63.7 Å². The summed E-state index contributed by atoms with van der Waals surface area (Å²) in [5.74, 6) is -1.99. The first-order chi connectivity index (χ1) is 18.6. The number of hydrogen-bond donors (Lipinski definition) is 4. The van der Waals surface area contributed by atoms with Crippen molar-refractivity contribution >= 4 is 40.7 Å². The molecule has 9 heteroatoms. The second-order valence-electron chi connectivity index (χ2n) is 11.0. The number of piperidine rings is 1. The molecule has 2 aromatic carbocycles. The van der Waals surface area contributed by atoms with Crippen LogP contribution in [0, 0.1) is 17.8 Å². The molecule has 2 aromatic rings. The van der Waals surface area contributed by atoms with E-state index in [-0.39, 0.29) is 36.0 Å². The molecule has 210 valence electrons. The van der Waals surface area contributed by atoms with Crippen LogP contribution in [-0.4, -0.2) is 54.6 Å². The third kappa shape index (κ3) is 8.12. The summed E-state index contributed by atoms with van der Waals surface area (Å²) in [5, 5.41) is 12.9. The second-order valence-corrected chi connectivity index (χ2v) is 11.0. The highest BCUT2D eigenvalue weighted by Crippen LogP contribution is 2.20. The van der Waals surface area contributed by atoms with Gasteiger partial charge in [-0.05, 0) is 54.4 Å². The Balaban J connectivity index is 1.71. The molecule has 0 radical (unpaired) electrons. The minimum absolute atomic E-state index is 0.0719. The lowest BCUT2D eigenvalue weighted by Gasteiger charge is -2.28. The molecule has 1 saturated heterocycles. The van der Waals surface area contributed by atoms with E-state index in [9.17, 15) is 24.0 Å². The minimum Gasteiger partial charge on any atom is -0.356 e. The zero-order valence-corrected chi connectivity index (χ0v) is 23.2. The zero-order chi connectivity index (χ0) is 28.5. The Labute approximate surface area is 229 Å². The van der Waals surface area contributed by atoms with Gasteiger partial charge in [0.05, 0.1) is 6.04 Å². The molecule has 1 aliphatic rings. The molecule has 4 N–H and O–H groups in total. The smallest absolute Gasteiger partial charge is 0.252 e. The molecule has 9 nitrogen and oxygen atoms in total. The van der Waals surface area contributed by atoms with E-state index in [1.54, 1.807) is 12.1 Å². The van der Waals surface area contributed by atoms with Crippen molar-refractivity contribution < 1.29 is 24.0 Å². The fourth-order valence-electron chi connectivity index (χ4n) is 4.94. The molecular formula is C30H40N4O5. The number of benzene rings is 2. The highest BCUT2D eigenvalue weighted by Gasteiger charge is 2.32. The fraction of sp³-hybridized carbons (Fsp3) is 0.500. The summed E-state index contributed by atoms with van der Waals surface area (Å²) in [4.78, 5) is 63.7. The number of aldehydes is 1. The average molecular weight is 537 g/mol. The largest absolute Gasteiger partial charge is 0.356 e. The van der Waals surface area contributed by atoms with E-state index < -0.39 is 29.9 Å². The van der Waals surface area contributed by atoms with Crippen LogP contribution in [-0.2, 0) is 19.2 Å². The maximum atomic E-state index is 13.4. The van der Waals surface area contributed by atoms with Gasteiger partial charge in [-0.1, -0.05) is 64.1 Å².